The second-order valence-electron chi connectivity index (χ2n) is 4.12. The van der Waals surface area contributed by atoms with Gasteiger partial charge in [-0.15, -0.1) is 0 Å². The smallest absolute Gasteiger partial charge is 0.309 e. The molecular formula is C10H19NO2. The van der Waals surface area contributed by atoms with Gasteiger partial charge in [-0.25, -0.2) is 0 Å². The zero-order valence-electron chi connectivity index (χ0n) is 8.25. The van der Waals surface area contributed by atoms with E-state index in [0.717, 1.165) is 32.1 Å². The first-order chi connectivity index (χ1) is 6.14. The topological polar surface area (TPSA) is 63.3 Å². The van der Waals surface area contributed by atoms with Crippen LogP contribution in [0, 0.1) is 11.3 Å². The number of carboxylic acid groups (broad SMARTS) is 1. The molecule has 0 unspecified atom stereocenters. The summed E-state index contributed by atoms with van der Waals surface area (Å²) in [6.07, 6.45) is 4.33. The van der Waals surface area contributed by atoms with E-state index < -0.39 is 11.4 Å². The van der Waals surface area contributed by atoms with Gasteiger partial charge in [-0.2, -0.15) is 0 Å². The van der Waals surface area contributed by atoms with Crippen LogP contribution in [0.15, 0.2) is 0 Å². The first-order valence-electron chi connectivity index (χ1n) is 5.08. The Bertz CT molecular complexity index is 183. The maximum atomic E-state index is 11.1. The molecule has 0 bridgehead atoms. The van der Waals surface area contributed by atoms with E-state index in [1.165, 1.54) is 0 Å². The van der Waals surface area contributed by atoms with Crippen LogP contribution in [0.1, 0.15) is 39.0 Å². The van der Waals surface area contributed by atoms with E-state index in [9.17, 15) is 4.79 Å². The van der Waals surface area contributed by atoms with Crippen molar-refractivity contribution in [3.63, 3.8) is 0 Å². The number of nitrogens with two attached hydrogens (primary N) is 1. The van der Waals surface area contributed by atoms with E-state index in [4.69, 9.17) is 10.8 Å². The molecule has 0 aromatic heterocycles. The summed E-state index contributed by atoms with van der Waals surface area (Å²) in [6, 6.07) is 0. The van der Waals surface area contributed by atoms with Gasteiger partial charge >= 0.3 is 5.97 Å². The summed E-state index contributed by atoms with van der Waals surface area (Å²) in [5.41, 5.74) is 5.12. The summed E-state index contributed by atoms with van der Waals surface area (Å²) in [4.78, 5) is 11.1. The van der Waals surface area contributed by atoms with E-state index in [0.29, 0.717) is 12.5 Å². The minimum Gasteiger partial charge on any atom is -0.481 e. The molecule has 1 rings (SSSR count). The van der Waals surface area contributed by atoms with Gasteiger partial charge in [0, 0.05) is 0 Å². The predicted molar refractivity (Wildman–Crippen MR) is 51.4 cm³/mol. The van der Waals surface area contributed by atoms with Crippen molar-refractivity contribution in [2.75, 3.05) is 6.54 Å². The zero-order valence-corrected chi connectivity index (χ0v) is 8.25. The van der Waals surface area contributed by atoms with Crippen LogP contribution in [-0.2, 0) is 4.79 Å². The van der Waals surface area contributed by atoms with Gasteiger partial charge in [0.05, 0.1) is 5.41 Å². The minimum absolute atomic E-state index is 0.439. The summed E-state index contributed by atoms with van der Waals surface area (Å²) in [5, 5.41) is 9.12. The van der Waals surface area contributed by atoms with Crippen molar-refractivity contribution in [2.45, 2.75) is 39.0 Å². The first-order valence-corrected chi connectivity index (χ1v) is 5.08. The molecule has 0 amide bonds. The molecule has 1 saturated carbocycles. The number of hydrogen-bond donors (Lipinski definition) is 2. The highest BCUT2D eigenvalue weighted by atomic mass is 16.4. The molecule has 0 aliphatic heterocycles. The van der Waals surface area contributed by atoms with Crippen LogP contribution < -0.4 is 5.73 Å². The molecule has 76 valence electrons. The molecular weight excluding hydrogens is 166 g/mol. The van der Waals surface area contributed by atoms with Gasteiger partial charge in [0.25, 0.3) is 0 Å². The van der Waals surface area contributed by atoms with Crippen LogP contribution in [0.2, 0.25) is 0 Å². The van der Waals surface area contributed by atoms with Crippen LogP contribution in [0.25, 0.3) is 0 Å². The second kappa shape index (κ2) is 4.09. The van der Waals surface area contributed by atoms with Gasteiger partial charge in [-0.05, 0) is 44.6 Å². The fourth-order valence-electron chi connectivity index (χ4n) is 2.18. The highest BCUT2D eigenvalue weighted by Gasteiger charge is 2.39. The van der Waals surface area contributed by atoms with Crippen molar-refractivity contribution in [3.05, 3.63) is 0 Å². The Morgan fingerprint density at radius 2 is 2.08 bits per heavy atom. The first kappa shape index (κ1) is 10.5. The zero-order chi connectivity index (χ0) is 9.90. The summed E-state index contributed by atoms with van der Waals surface area (Å²) in [6.45, 7) is 2.68. The Labute approximate surface area is 79.3 Å². The molecule has 0 radical (unpaired) electrons. The van der Waals surface area contributed by atoms with Crippen molar-refractivity contribution < 1.29 is 9.90 Å². The van der Waals surface area contributed by atoms with Crippen LogP contribution in [0.4, 0.5) is 0 Å². The number of hydrogen-bond acceptors (Lipinski definition) is 2. The third kappa shape index (κ3) is 2.02. The van der Waals surface area contributed by atoms with Crippen LogP contribution in [0.5, 0.6) is 0 Å². The average Bonchev–Trinajstić information content (AvgIpc) is 2.17. The third-order valence-electron chi connectivity index (χ3n) is 3.53. The lowest BCUT2D eigenvalue weighted by Gasteiger charge is -2.35. The van der Waals surface area contributed by atoms with Crippen LogP contribution in [0.3, 0.4) is 0 Å². The molecule has 1 aliphatic carbocycles. The lowest BCUT2D eigenvalue weighted by molar-refractivity contribution is -0.151. The average molecular weight is 185 g/mol. The molecule has 13 heavy (non-hydrogen) atoms. The molecule has 3 nitrogen and oxygen atoms in total. The Balaban J connectivity index is 2.58. The van der Waals surface area contributed by atoms with Crippen molar-refractivity contribution in [1.82, 2.24) is 0 Å². The molecule has 0 saturated heterocycles. The molecule has 0 atom stereocenters. The summed E-state index contributed by atoms with van der Waals surface area (Å²) in [7, 11) is 0. The third-order valence-corrected chi connectivity index (χ3v) is 3.53. The van der Waals surface area contributed by atoms with Crippen molar-refractivity contribution >= 4 is 5.97 Å². The molecule has 3 N–H and O–H groups in total. The Morgan fingerprint density at radius 1 is 1.54 bits per heavy atom. The van der Waals surface area contributed by atoms with Crippen LogP contribution in [-0.4, -0.2) is 17.6 Å². The van der Waals surface area contributed by atoms with Crippen molar-refractivity contribution in [3.8, 4) is 0 Å². The number of carboxylic acids is 1. The lowest BCUT2D eigenvalue weighted by Crippen LogP contribution is -2.36. The summed E-state index contributed by atoms with van der Waals surface area (Å²) >= 11 is 0. The van der Waals surface area contributed by atoms with Crippen molar-refractivity contribution in [1.29, 1.82) is 0 Å². The van der Waals surface area contributed by atoms with E-state index in [1.54, 1.807) is 0 Å². The van der Waals surface area contributed by atoms with Gasteiger partial charge in [0.2, 0.25) is 0 Å². The summed E-state index contributed by atoms with van der Waals surface area (Å²) < 4.78 is 0. The molecule has 3 heteroatoms. The van der Waals surface area contributed by atoms with Gasteiger partial charge in [-0.1, -0.05) is 6.92 Å². The Morgan fingerprint density at radius 3 is 2.38 bits per heavy atom. The predicted octanol–water partition coefficient (Wildman–Crippen LogP) is 1.62. The maximum Gasteiger partial charge on any atom is 0.309 e. The lowest BCUT2D eigenvalue weighted by atomic mass is 9.69. The molecule has 1 fully saturated rings. The highest BCUT2D eigenvalue weighted by molar-refractivity contribution is 5.74. The van der Waals surface area contributed by atoms with Gasteiger partial charge in [0.1, 0.15) is 0 Å². The van der Waals surface area contributed by atoms with Gasteiger partial charge in [-0.3, -0.25) is 4.79 Å². The molecule has 0 aromatic rings. The largest absolute Gasteiger partial charge is 0.481 e. The monoisotopic (exact) mass is 185 g/mol. The van der Waals surface area contributed by atoms with Gasteiger partial charge in [0.15, 0.2) is 0 Å². The normalized spacial score (nSPS) is 34.5. The fourth-order valence-corrected chi connectivity index (χ4v) is 2.18. The van der Waals surface area contributed by atoms with E-state index in [2.05, 4.69) is 0 Å². The van der Waals surface area contributed by atoms with Gasteiger partial charge < -0.3 is 10.8 Å². The maximum absolute atomic E-state index is 11.1. The highest BCUT2D eigenvalue weighted by Crippen LogP contribution is 2.41. The van der Waals surface area contributed by atoms with Crippen molar-refractivity contribution in [2.24, 2.45) is 17.1 Å². The molecule has 0 spiro atoms. The van der Waals surface area contributed by atoms with Crippen LogP contribution >= 0.6 is 0 Å². The number of rotatable bonds is 3. The SMILES string of the molecule is CCC1(C(=O)O)CCC(CN)CC1. The quantitative estimate of drug-likeness (QED) is 0.702. The number of aliphatic carboxylic acids is 1. The van der Waals surface area contributed by atoms with E-state index in [1.807, 2.05) is 6.92 Å². The molecule has 0 aromatic carbocycles. The Hall–Kier alpha value is -0.570. The van der Waals surface area contributed by atoms with E-state index >= 15 is 0 Å². The fraction of sp³-hybridized carbons (Fsp3) is 0.900. The Kier molecular flexibility index (Phi) is 3.31. The minimum atomic E-state index is -0.620. The number of carbonyl (C=O) groups is 1. The molecule has 0 heterocycles. The standard InChI is InChI=1S/C10H19NO2/c1-2-10(9(12)13)5-3-8(7-11)4-6-10/h8H,2-7,11H2,1H3,(H,12,13). The van der Waals surface area contributed by atoms with E-state index in [-0.39, 0.29) is 0 Å². The second-order valence-corrected chi connectivity index (χ2v) is 4.12. The molecule has 1 aliphatic rings. The summed E-state index contributed by atoms with van der Waals surface area (Å²) in [5.74, 6) is -0.0653.